The maximum Gasteiger partial charge on any atom is 0.574 e. The second-order valence-corrected chi connectivity index (χ2v) is 2.76. The Hall–Kier alpha value is -1.80. The largest absolute Gasteiger partial charge is 0.574 e. The molecule has 0 radical (unpaired) electrons. The molecule has 0 bridgehead atoms. The van der Waals surface area contributed by atoms with Crippen LogP contribution in [-0.4, -0.2) is 23.6 Å². The Balaban J connectivity index is 3.18. The van der Waals surface area contributed by atoms with Crippen LogP contribution in [0.1, 0.15) is 12.0 Å². The number of ether oxygens (including phenoxy) is 2. The molecule has 0 amide bonds. The highest BCUT2D eigenvalue weighted by Gasteiger charge is 2.34. The van der Waals surface area contributed by atoms with Gasteiger partial charge in [-0.2, -0.15) is 4.98 Å². The predicted molar refractivity (Wildman–Crippen MR) is 44.1 cm³/mol. The standard InChI is InChI=1S/C8H6F5NO3/c1-16-6-3(5(9)10)2-4(15)7(14-6)17-8(11,12)13/h2,5,15H,1H3. The number of rotatable bonds is 3. The molecule has 1 aromatic heterocycles. The minimum atomic E-state index is -5.10. The molecule has 0 saturated heterocycles. The first kappa shape index (κ1) is 13.3. The van der Waals surface area contributed by atoms with Crippen LogP contribution in [-0.2, 0) is 0 Å². The van der Waals surface area contributed by atoms with Crippen molar-refractivity contribution in [2.24, 2.45) is 0 Å². The molecule has 0 fully saturated rings. The van der Waals surface area contributed by atoms with Crippen LogP contribution in [0.4, 0.5) is 22.0 Å². The Bertz CT molecular complexity index is 407. The van der Waals surface area contributed by atoms with E-state index in [-0.39, 0.29) is 0 Å². The van der Waals surface area contributed by atoms with Crippen LogP contribution in [0.25, 0.3) is 0 Å². The third-order valence-corrected chi connectivity index (χ3v) is 1.60. The van der Waals surface area contributed by atoms with E-state index in [1.165, 1.54) is 0 Å². The number of halogens is 5. The van der Waals surface area contributed by atoms with Crippen molar-refractivity contribution in [3.05, 3.63) is 11.6 Å². The summed E-state index contributed by atoms with van der Waals surface area (Å²) in [6.45, 7) is 0. The first-order valence-corrected chi connectivity index (χ1v) is 4.06. The van der Waals surface area contributed by atoms with Crippen LogP contribution in [0.15, 0.2) is 6.07 Å². The van der Waals surface area contributed by atoms with E-state index in [1.807, 2.05) is 0 Å². The molecule has 0 aliphatic heterocycles. The number of hydrogen-bond acceptors (Lipinski definition) is 4. The van der Waals surface area contributed by atoms with Gasteiger partial charge in [-0.15, -0.1) is 13.2 Å². The molecule has 1 rings (SSSR count). The van der Waals surface area contributed by atoms with Gasteiger partial charge >= 0.3 is 6.36 Å². The molecule has 1 N–H and O–H groups in total. The molecule has 0 aromatic carbocycles. The lowest BCUT2D eigenvalue weighted by Crippen LogP contribution is -2.18. The molecule has 0 aliphatic carbocycles. The summed E-state index contributed by atoms with van der Waals surface area (Å²) in [5, 5.41) is 9.05. The lowest BCUT2D eigenvalue weighted by molar-refractivity contribution is -0.276. The van der Waals surface area contributed by atoms with Crippen molar-refractivity contribution < 1.29 is 36.5 Å². The fraction of sp³-hybridized carbons (Fsp3) is 0.375. The van der Waals surface area contributed by atoms with E-state index in [9.17, 15) is 22.0 Å². The van der Waals surface area contributed by atoms with Crippen molar-refractivity contribution in [3.63, 3.8) is 0 Å². The number of aromatic hydroxyl groups is 1. The van der Waals surface area contributed by atoms with E-state index in [0.717, 1.165) is 7.11 Å². The van der Waals surface area contributed by atoms with Crippen LogP contribution in [0.3, 0.4) is 0 Å². The molecular formula is C8H6F5NO3. The predicted octanol–water partition coefficient (Wildman–Crippen LogP) is 2.63. The van der Waals surface area contributed by atoms with Gasteiger partial charge in [-0.05, 0) is 6.07 Å². The summed E-state index contributed by atoms with van der Waals surface area (Å²) < 4.78 is 68.0. The summed E-state index contributed by atoms with van der Waals surface area (Å²) >= 11 is 0. The minimum Gasteiger partial charge on any atom is -0.503 e. The summed E-state index contributed by atoms with van der Waals surface area (Å²) in [6, 6.07) is 0.400. The van der Waals surface area contributed by atoms with E-state index in [0.29, 0.717) is 6.07 Å². The third-order valence-electron chi connectivity index (χ3n) is 1.60. The summed E-state index contributed by atoms with van der Waals surface area (Å²) in [5.74, 6) is -3.16. The van der Waals surface area contributed by atoms with E-state index in [2.05, 4.69) is 14.5 Å². The van der Waals surface area contributed by atoms with Gasteiger partial charge in [0.1, 0.15) is 0 Å². The van der Waals surface area contributed by atoms with E-state index >= 15 is 0 Å². The molecule has 0 unspecified atom stereocenters. The van der Waals surface area contributed by atoms with Gasteiger partial charge in [0.05, 0.1) is 12.7 Å². The zero-order valence-electron chi connectivity index (χ0n) is 8.26. The molecular weight excluding hydrogens is 253 g/mol. The molecule has 96 valence electrons. The minimum absolute atomic E-state index is 0.400. The topological polar surface area (TPSA) is 51.6 Å². The first-order chi connectivity index (χ1) is 7.74. The first-order valence-electron chi connectivity index (χ1n) is 4.06. The van der Waals surface area contributed by atoms with E-state index < -0.39 is 35.9 Å². The number of nitrogens with zero attached hydrogens (tertiary/aromatic N) is 1. The number of methoxy groups -OCH3 is 1. The van der Waals surface area contributed by atoms with Crippen LogP contribution >= 0.6 is 0 Å². The second kappa shape index (κ2) is 4.60. The lowest BCUT2D eigenvalue weighted by atomic mass is 10.2. The highest BCUT2D eigenvalue weighted by molar-refractivity contribution is 5.42. The number of hydrogen-bond donors (Lipinski definition) is 1. The van der Waals surface area contributed by atoms with Crippen LogP contribution in [0.5, 0.6) is 17.5 Å². The molecule has 1 heterocycles. The number of alkyl halides is 5. The van der Waals surface area contributed by atoms with Crippen LogP contribution in [0, 0.1) is 0 Å². The molecule has 0 spiro atoms. The Labute approximate surface area is 91.6 Å². The summed E-state index contributed by atoms with van der Waals surface area (Å²) in [6.07, 6.45) is -8.15. The highest BCUT2D eigenvalue weighted by Crippen LogP contribution is 2.37. The molecule has 9 heteroatoms. The monoisotopic (exact) mass is 259 g/mol. The van der Waals surface area contributed by atoms with Gasteiger partial charge in [-0.1, -0.05) is 0 Å². The molecule has 17 heavy (non-hydrogen) atoms. The van der Waals surface area contributed by atoms with E-state index in [1.54, 1.807) is 0 Å². The zero-order chi connectivity index (χ0) is 13.2. The Kier molecular flexibility index (Phi) is 3.59. The fourth-order valence-corrected chi connectivity index (χ4v) is 0.989. The average Bonchev–Trinajstić information content (AvgIpc) is 2.18. The average molecular weight is 259 g/mol. The Morgan fingerprint density at radius 1 is 1.29 bits per heavy atom. The number of aromatic nitrogens is 1. The summed E-state index contributed by atoms with van der Waals surface area (Å²) in [7, 11) is 0.947. The van der Waals surface area contributed by atoms with Gasteiger partial charge < -0.3 is 14.6 Å². The van der Waals surface area contributed by atoms with Gasteiger partial charge in [0.25, 0.3) is 12.3 Å². The highest BCUT2D eigenvalue weighted by atomic mass is 19.4. The van der Waals surface area contributed by atoms with Crippen LogP contribution in [0.2, 0.25) is 0 Å². The molecule has 0 aliphatic rings. The fourth-order valence-electron chi connectivity index (χ4n) is 0.989. The van der Waals surface area contributed by atoms with Crippen molar-refractivity contribution in [2.45, 2.75) is 12.8 Å². The van der Waals surface area contributed by atoms with Crippen LogP contribution < -0.4 is 9.47 Å². The van der Waals surface area contributed by atoms with Crippen molar-refractivity contribution >= 4 is 0 Å². The molecule has 4 nitrogen and oxygen atoms in total. The summed E-state index contributed by atoms with van der Waals surface area (Å²) in [4.78, 5) is 3.00. The smallest absolute Gasteiger partial charge is 0.503 e. The Morgan fingerprint density at radius 2 is 1.88 bits per heavy atom. The Morgan fingerprint density at radius 3 is 2.29 bits per heavy atom. The van der Waals surface area contributed by atoms with Crippen molar-refractivity contribution in [1.82, 2.24) is 4.98 Å². The summed E-state index contributed by atoms with van der Waals surface area (Å²) in [5.41, 5.74) is -0.834. The second-order valence-electron chi connectivity index (χ2n) is 2.76. The van der Waals surface area contributed by atoms with E-state index in [4.69, 9.17) is 5.11 Å². The van der Waals surface area contributed by atoms with Gasteiger partial charge in [-0.3, -0.25) is 0 Å². The quantitative estimate of drug-likeness (QED) is 0.848. The SMILES string of the molecule is COc1nc(OC(F)(F)F)c(O)cc1C(F)F. The van der Waals surface area contributed by atoms with Crippen molar-refractivity contribution in [2.75, 3.05) is 7.11 Å². The van der Waals surface area contributed by atoms with Crippen molar-refractivity contribution in [1.29, 1.82) is 0 Å². The lowest BCUT2D eigenvalue weighted by Gasteiger charge is -2.12. The molecule has 0 saturated carbocycles. The number of pyridine rings is 1. The van der Waals surface area contributed by atoms with Crippen molar-refractivity contribution in [3.8, 4) is 17.5 Å². The molecule has 0 atom stereocenters. The van der Waals surface area contributed by atoms with Gasteiger partial charge in [0.15, 0.2) is 5.75 Å². The maximum atomic E-state index is 12.4. The normalized spacial score (nSPS) is 11.7. The van der Waals surface area contributed by atoms with Gasteiger partial charge in [0, 0.05) is 0 Å². The van der Waals surface area contributed by atoms with Gasteiger partial charge in [0.2, 0.25) is 5.88 Å². The maximum absolute atomic E-state index is 12.4. The zero-order valence-corrected chi connectivity index (χ0v) is 8.26. The third kappa shape index (κ3) is 3.33. The molecule has 1 aromatic rings. The van der Waals surface area contributed by atoms with Gasteiger partial charge in [-0.25, -0.2) is 8.78 Å².